The number of ether oxygens (including phenoxy) is 1. The van der Waals surface area contributed by atoms with E-state index in [4.69, 9.17) is 10.6 Å². The number of nitrogens with two attached hydrogens (primary N) is 1. The van der Waals surface area contributed by atoms with E-state index in [0.29, 0.717) is 11.9 Å². The predicted molar refractivity (Wildman–Crippen MR) is 71.5 cm³/mol. The zero-order valence-electron chi connectivity index (χ0n) is 11.0. The molecule has 2 heterocycles. The van der Waals surface area contributed by atoms with Crippen LogP contribution in [0.4, 0.5) is 11.6 Å². The summed E-state index contributed by atoms with van der Waals surface area (Å²) in [6.07, 6.45) is 4.53. The molecule has 2 rings (SSSR count). The van der Waals surface area contributed by atoms with Crippen LogP contribution in [0.1, 0.15) is 25.3 Å². The van der Waals surface area contributed by atoms with Crippen molar-refractivity contribution in [3.8, 4) is 0 Å². The van der Waals surface area contributed by atoms with E-state index in [1.807, 2.05) is 0 Å². The van der Waals surface area contributed by atoms with Gasteiger partial charge in [0.1, 0.15) is 18.0 Å². The van der Waals surface area contributed by atoms with E-state index in [-0.39, 0.29) is 0 Å². The van der Waals surface area contributed by atoms with E-state index >= 15 is 0 Å². The van der Waals surface area contributed by atoms with Crippen molar-refractivity contribution in [2.45, 2.75) is 32.2 Å². The fraction of sp³-hybridized carbons (Fsp3) is 0.667. The number of nitrogens with one attached hydrogen (secondary N) is 1. The molecule has 0 aromatic carbocycles. The van der Waals surface area contributed by atoms with Gasteiger partial charge in [-0.25, -0.2) is 15.8 Å². The summed E-state index contributed by atoms with van der Waals surface area (Å²) >= 11 is 0. The van der Waals surface area contributed by atoms with Crippen LogP contribution < -0.4 is 16.2 Å². The first kappa shape index (κ1) is 13.0. The largest absolute Gasteiger partial charge is 0.379 e. The lowest BCUT2D eigenvalue weighted by molar-refractivity contribution is 0.193. The first-order chi connectivity index (χ1) is 8.77. The van der Waals surface area contributed by atoms with Crippen LogP contribution in [0.25, 0.3) is 0 Å². The van der Waals surface area contributed by atoms with Gasteiger partial charge in [-0.05, 0) is 12.8 Å². The van der Waals surface area contributed by atoms with E-state index in [1.54, 1.807) is 6.33 Å². The maximum atomic E-state index is 5.52. The number of anilines is 2. The van der Waals surface area contributed by atoms with Crippen LogP contribution in [0.5, 0.6) is 0 Å². The molecule has 0 spiro atoms. The van der Waals surface area contributed by atoms with Gasteiger partial charge in [-0.1, -0.05) is 13.3 Å². The molecule has 1 saturated heterocycles. The minimum Gasteiger partial charge on any atom is -0.379 e. The van der Waals surface area contributed by atoms with Crippen LogP contribution in [0, 0.1) is 0 Å². The van der Waals surface area contributed by atoms with Gasteiger partial charge < -0.3 is 15.1 Å². The average molecular weight is 251 g/mol. The van der Waals surface area contributed by atoms with Gasteiger partial charge in [0.25, 0.3) is 0 Å². The molecule has 3 N–H and O–H groups in total. The monoisotopic (exact) mass is 251 g/mol. The second-order valence-corrected chi connectivity index (χ2v) is 4.55. The Morgan fingerprint density at radius 2 is 2.39 bits per heavy atom. The van der Waals surface area contributed by atoms with E-state index < -0.39 is 0 Å². The zero-order chi connectivity index (χ0) is 13.0. The molecule has 0 bridgehead atoms. The molecule has 0 radical (unpaired) electrons. The summed E-state index contributed by atoms with van der Waals surface area (Å²) in [5.41, 5.74) is 3.74. The van der Waals surface area contributed by atoms with Crippen molar-refractivity contribution in [2.24, 2.45) is 5.84 Å². The lowest BCUT2D eigenvalue weighted by Gasteiger charge is -2.27. The first-order valence-corrected chi connectivity index (χ1v) is 6.39. The minimum atomic E-state index is 0.390. The number of hydrogen-bond acceptors (Lipinski definition) is 6. The Morgan fingerprint density at radius 1 is 1.56 bits per heavy atom. The number of hydrogen-bond donors (Lipinski definition) is 2. The lowest BCUT2D eigenvalue weighted by Crippen LogP contribution is -2.33. The molecular formula is C12H21N5O. The first-order valence-electron chi connectivity index (χ1n) is 6.39. The van der Waals surface area contributed by atoms with Crippen LogP contribution >= 0.6 is 0 Å². The second-order valence-electron chi connectivity index (χ2n) is 4.55. The molecule has 1 aliphatic rings. The summed E-state index contributed by atoms with van der Waals surface area (Å²) in [4.78, 5) is 10.8. The molecule has 0 saturated carbocycles. The molecule has 1 fully saturated rings. The van der Waals surface area contributed by atoms with Gasteiger partial charge in [0.15, 0.2) is 0 Å². The van der Waals surface area contributed by atoms with Crippen molar-refractivity contribution in [3.05, 3.63) is 11.9 Å². The van der Waals surface area contributed by atoms with Crippen molar-refractivity contribution >= 4 is 11.6 Å². The zero-order valence-corrected chi connectivity index (χ0v) is 11.0. The molecule has 1 unspecified atom stereocenters. The molecule has 6 heteroatoms. The molecule has 1 aromatic rings. The van der Waals surface area contributed by atoms with Crippen LogP contribution in [0.15, 0.2) is 6.33 Å². The molecule has 6 nitrogen and oxygen atoms in total. The summed E-state index contributed by atoms with van der Waals surface area (Å²) in [6, 6.07) is 0.390. The summed E-state index contributed by atoms with van der Waals surface area (Å²) in [7, 11) is 2.06. The smallest absolute Gasteiger partial charge is 0.148 e. The Labute approximate surface area is 108 Å². The molecule has 1 aliphatic heterocycles. The maximum absolute atomic E-state index is 5.52. The molecule has 1 aromatic heterocycles. The number of aromatic nitrogens is 2. The normalized spacial score (nSPS) is 18.9. The van der Waals surface area contributed by atoms with Crippen LogP contribution in [-0.4, -0.2) is 36.3 Å². The van der Waals surface area contributed by atoms with E-state index in [2.05, 4.69) is 34.3 Å². The van der Waals surface area contributed by atoms with Gasteiger partial charge in [-0.15, -0.1) is 0 Å². The van der Waals surface area contributed by atoms with Crippen LogP contribution in [0.2, 0.25) is 0 Å². The van der Waals surface area contributed by atoms with Gasteiger partial charge in [0.2, 0.25) is 0 Å². The minimum absolute atomic E-state index is 0.390. The fourth-order valence-corrected chi connectivity index (χ4v) is 2.31. The standard InChI is InChI=1S/C12H21N5O/c1-3-4-10-11(16-13)14-8-15-12(10)17(2)9-5-6-18-7-9/h8-9H,3-7,13H2,1-2H3,(H,14,15,16). The highest BCUT2D eigenvalue weighted by atomic mass is 16.5. The third-order valence-corrected chi connectivity index (χ3v) is 3.35. The molecular weight excluding hydrogens is 230 g/mol. The van der Waals surface area contributed by atoms with E-state index in [0.717, 1.165) is 43.9 Å². The van der Waals surface area contributed by atoms with Crippen LogP contribution in [0.3, 0.4) is 0 Å². The summed E-state index contributed by atoms with van der Waals surface area (Å²) in [5, 5.41) is 0. The maximum Gasteiger partial charge on any atom is 0.148 e. The average Bonchev–Trinajstić information content (AvgIpc) is 2.92. The highest BCUT2D eigenvalue weighted by Crippen LogP contribution is 2.26. The highest BCUT2D eigenvalue weighted by molar-refractivity contribution is 5.58. The van der Waals surface area contributed by atoms with Crippen molar-refractivity contribution in [1.82, 2.24) is 9.97 Å². The Balaban J connectivity index is 2.29. The van der Waals surface area contributed by atoms with E-state index in [9.17, 15) is 0 Å². The number of hydrazine groups is 1. The highest BCUT2D eigenvalue weighted by Gasteiger charge is 2.24. The Morgan fingerprint density at radius 3 is 3.00 bits per heavy atom. The third kappa shape index (κ3) is 2.54. The number of rotatable bonds is 5. The molecule has 0 amide bonds. The predicted octanol–water partition coefficient (Wildman–Crippen LogP) is 0.940. The summed E-state index contributed by atoms with van der Waals surface area (Å²) in [6.45, 7) is 3.72. The van der Waals surface area contributed by atoms with Gasteiger partial charge in [0, 0.05) is 19.2 Å². The molecule has 0 aliphatic carbocycles. The topological polar surface area (TPSA) is 76.3 Å². The Hall–Kier alpha value is -1.40. The van der Waals surface area contributed by atoms with Gasteiger partial charge in [-0.3, -0.25) is 0 Å². The van der Waals surface area contributed by atoms with Crippen molar-refractivity contribution < 1.29 is 4.74 Å². The number of nitrogens with zero attached hydrogens (tertiary/aromatic N) is 3. The molecule has 100 valence electrons. The second kappa shape index (κ2) is 5.97. The SMILES string of the molecule is CCCc1c(NN)ncnc1N(C)C1CCOC1. The van der Waals surface area contributed by atoms with Crippen molar-refractivity contribution in [2.75, 3.05) is 30.6 Å². The number of likely N-dealkylation sites (N-methyl/N-ethyl adjacent to an activating group) is 1. The Kier molecular flexibility index (Phi) is 4.33. The summed E-state index contributed by atoms with van der Waals surface area (Å²) < 4.78 is 5.43. The van der Waals surface area contributed by atoms with Gasteiger partial charge >= 0.3 is 0 Å². The van der Waals surface area contributed by atoms with Crippen molar-refractivity contribution in [1.29, 1.82) is 0 Å². The van der Waals surface area contributed by atoms with Gasteiger partial charge in [-0.2, -0.15) is 0 Å². The third-order valence-electron chi connectivity index (χ3n) is 3.35. The fourth-order valence-electron chi connectivity index (χ4n) is 2.31. The summed E-state index contributed by atoms with van der Waals surface area (Å²) in [5.74, 6) is 7.19. The lowest BCUT2D eigenvalue weighted by atomic mass is 10.1. The van der Waals surface area contributed by atoms with E-state index in [1.165, 1.54) is 0 Å². The van der Waals surface area contributed by atoms with Crippen molar-refractivity contribution in [3.63, 3.8) is 0 Å². The molecule has 1 atom stereocenters. The Bertz CT molecular complexity index is 392. The number of nitrogen functional groups attached to an aromatic ring is 1. The van der Waals surface area contributed by atoms with Crippen LogP contribution in [-0.2, 0) is 11.2 Å². The van der Waals surface area contributed by atoms with Gasteiger partial charge in [0.05, 0.1) is 12.6 Å². The molecule has 18 heavy (non-hydrogen) atoms. The quantitative estimate of drug-likeness (QED) is 0.599.